The van der Waals surface area contributed by atoms with Gasteiger partial charge < -0.3 is 21.7 Å². The molecule has 0 aromatic heterocycles. The number of nitrogens with two attached hydrogens (primary N) is 2. The van der Waals surface area contributed by atoms with Crippen molar-refractivity contribution in [3.63, 3.8) is 0 Å². The minimum atomic E-state index is -1.00. The lowest BCUT2D eigenvalue weighted by Crippen LogP contribution is -2.48. The molecule has 0 bridgehead atoms. The van der Waals surface area contributed by atoms with E-state index in [1.807, 2.05) is 0 Å². The Morgan fingerprint density at radius 1 is 1.33 bits per heavy atom. The van der Waals surface area contributed by atoms with E-state index in [9.17, 15) is 0 Å². The van der Waals surface area contributed by atoms with Crippen molar-refractivity contribution in [2.45, 2.75) is 31.7 Å². The average molecular weight is 134 g/mol. The Morgan fingerprint density at radius 3 is 1.89 bits per heavy atom. The highest BCUT2D eigenvalue weighted by atomic mass is 16.3. The van der Waals surface area contributed by atoms with E-state index in [2.05, 4.69) is 0 Å². The van der Waals surface area contributed by atoms with E-state index in [-0.39, 0.29) is 0 Å². The molecular formula is C5H14N2O2. The highest BCUT2D eigenvalue weighted by molar-refractivity contribution is 4.72. The maximum atomic E-state index is 8.89. The van der Waals surface area contributed by atoms with Crippen molar-refractivity contribution in [3.05, 3.63) is 0 Å². The Hall–Kier alpha value is -0.160. The molecule has 6 N–H and O–H groups in total. The molecular weight excluding hydrogens is 120 g/mol. The van der Waals surface area contributed by atoms with Crippen molar-refractivity contribution < 1.29 is 10.2 Å². The molecule has 0 rings (SSSR count). The fraction of sp³-hybridized carbons (Fsp3) is 1.00. The van der Waals surface area contributed by atoms with Crippen LogP contribution in [0, 0.1) is 0 Å². The van der Waals surface area contributed by atoms with Gasteiger partial charge in [-0.2, -0.15) is 0 Å². The third-order valence-electron chi connectivity index (χ3n) is 1.21. The molecule has 0 fully saturated rings. The summed E-state index contributed by atoms with van der Waals surface area (Å²) in [5, 5.41) is 17.8. The first kappa shape index (κ1) is 8.84. The normalized spacial score (nSPS) is 18.0. The molecule has 0 aromatic rings. The standard InChI is InChI=1S/C5H14N2O2/c1-2-3(8)4(9)5(6)7/h3-5,8-9H,2,6-7H2,1H3. The van der Waals surface area contributed by atoms with Gasteiger partial charge in [-0.05, 0) is 6.42 Å². The van der Waals surface area contributed by atoms with Crippen LogP contribution in [0.2, 0.25) is 0 Å². The lowest BCUT2D eigenvalue weighted by molar-refractivity contribution is 0.00360. The molecule has 4 nitrogen and oxygen atoms in total. The highest BCUT2D eigenvalue weighted by Crippen LogP contribution is 1.97. The van der Waals surface area contributed by atoms with Gasteiger partial charge >= 0.3 is 0 Å². The van der Waals surface area contributed by atoms with Crippen LogP contribution < -0.4 is 11.5 Å². The molecule has 2 unspecified atom stereocenters. The van der Waals surface area contributed by atoms with Gasteiger partial charge in [0.15, 0.2) is 0 Å². The zero-order valence-electron chi connectivity index (χ0n) is 5.49. The molecule has 0 amide bonds. The van der Waals surface area contributed by atoms with Crippen LogP contribution in [0.3, 0.4) is 0 Å². The summed E-state index contributed by atoms with van der Waals surface area (Å²) in [7, 11) is 0. The van der Waals surface area contributed by atoms with Crippen molar-refractivity contribution in [2.75, 3.05) is 0 Å². The second-order valence-electron chi connectivity index (χ2n) is 2.04. The van der Waals surface area contributed by atoms with Crippen molar-refractivity contribution in [3.8, 4) is 0 Å². The smallest absolute Gasteiger partial charge is 0.108 e. The summed E-state index contributed by atoms with van der Waals surface area (Å²) < 4.78 is 0. The van der Waals surface area contributed by atoms with E-state index in [1.54, 1.807) is 6.92 Å². The Labute approximate surface area is 54.5 Å². The van der Waals surface area contributed by atoms with Crippen LogP contribution in [0.15, 0.2) is 0 Å². The molecule has 4 heteroatoms. The zero-order valence-corrected chi connectivity index (χ0v) is 5.49. The van der Waals surface area contributed by atoms with E-state index < -0.39 is 18.4 Å². The van der Waals surface area contributed by atoms with Gasteiger partial charge in [0.2, 0.25) is 0 Å². The summed E-state index contributed by atoms with van der Waals surface area (Å²) in [5.41, 5.74) is 10.2. The van der Waals surface area contributed by atoms with Crippen LogP contribution in [0.5, 0.6) is 0 Å². The van der Waals surface area contributed by atoms with E-state index in [0.29, 0.717) is 6.42 Å². The Kier molecular flexibility index (Phi) is 3.72. The van der Waals surface area contributed by atoms with E-state index in [0.717, 1.165) is 0 Å². The summed E-state index contributed by atoms with van der Waals surface area (Å²) in [6.07, 6.45) is -2.19. The Bertz CT molecular complexity index is 77.4. The van der Waals surface area contributed by atoms with Crippen LogP contribution in [-0.2, 0) is 0 Å². The van der Waals surface area contributed by atoms with Gasteiger partial charge in [-0.25, -0.2) is 0 Å². The molecule has 0 aliphatic heterocycles. The molecule has 0 spiro atoms. The summed E-state index contributed by atoms with van der Waals surface area (Å²) in [6, 6.07) is 0. The first-order chi connectivity index (χ1) is 4.09. The number of rotatable bonds is 3. The molecule has 0 aromatic carbocycles. The summed E-state index contributed by atoms with van der Waals surface area (Å²) in [6.45, 7) is 1.75. The van der Waals surface area contributed by atoms with Gasteiger partial charge in [0.1, 0.15) is 6.10 Å². The number of hydrogen-bond acceptors (Lipinski definition) is 4. The molecule has 0 radical (unpaired) electrons. The lowest BCUT2D eigenvalue weighted by Gasteiger charge is -2.18. The minimum Gasteiger partial charge on any atom is -0.390 e. The van der Waals surface area contributed by atoms with Gasteiger partial charge in [0.05, 0.1) is 12.3 Å². The molecule has 0 heterocycles. The van der Waals surface area contributed by atoms with E-state index in [4.69, 9.17) is 21.7 Å². The van der Waals surface area contributed by atoms with Crippen molar-refractivity contribution in [2.24, 2.45) is 11.5 Å². The van der Waals surface area contributed by atoms with Gasteiger partial charge in [-0.3, -0.25) is 0 Å². The largest absolute Gasteiger partial charge is 0.390 e. The molecule has 9 heavy (non-hydrogen) atoms. The molecule has 0 aliphatic rings. The predicted molar refractivity (Wildman–Crippen MR) is 34.5 cm³/mol. The van der Waals surface area contributed by atoms with Crippen LogP contribution in [0.1, 0.15) is 13.3 Å². The SMILES string of the molecule is CCC(O)C(O)C(N)N. The highest BCUT2D eigenvalue weighted by Gasteiger charge is 2.17. The third kappa shape index (κ3) is 2.76. The first-order valence-electron chi connectivity index (χ1n) is 2.97. The maximum Gasteiger partial charge on any atom is 0.108 e. The quantitative estimate of drug-likeness (QED) is 0.348. The second-order valence-corrected chi connectivity index (χ2v) is 2.04. The summed E-state index contributed by atoms with van der Waals surface area (Å²) in [4.78, 5) is 0. The molecule has 2 atom stereocenters. The Balaban J connectivity index is 3.58. The fourth-order valence-electron chi connectivity index (χ4n) is 0.498. The van der Waals surface area contributed by atoms with Gasteiger partial charge in [-0.15, -0.1) is 0 Å². The van der Waals surface area contributed by atoms with Gasteiger partial charge in [0.25, 0.3) is 0 Å². The number of hydrogen-bond donors (Lipinski definition) is 4. The monoisotopic (exact) mass is 134 g/mol. The molecule has 0 saturated carbocycles. The topological polar surface area (TPSA) is 92.5 Å². The molecule has 0 saturated heterocycles. The van der Waals surface area contributed by atoms with Gasteiger partial charge in [0, 0.05) is 0 Å². The lowest BCUT2D eigenvalue weighted by atomic mass is 10.1. The summed E-state index contributed by atoms with van der Waals surface area (Å²) in [5.74, 6) is 0. The predicted octanol–water partition coefficient (Wildman–Crippen LogP) is -1.64. The number of aliphatic hydroxyl groups is 2. The third-order valence-corrected chi connectivity index (χ3v) is 1.21. The first-order valence-corrected chi connectivity index (χ1v) is 2.97. The molecule has 56 valence electrons. The second kappa shape index (κ2) is 3.79. The van der Waals surface area contributed by atoms with E-state index >= 15 is 0 Å². The molecule has 0 aliphatic carbocycles. The minimum absolute atomic E-state index is 0.464. The van der Waals surface area contributed by atoms with Crippen LogP contribution >= 0.6 is 0 Å². The van der Waals surface area contributed by atoms with Crippen molar-refractivity contribution >= 4 is 0 Å². The van der Waals surface area contributed by atoms with E-state index in [1.165, 1.54) is 0 Å². The summed E-state index contributed by atoms with van der Waals surface area (Å²) >= 11 is 0. The Morgan fingerprint density at radius 2 is 1.78 bits per heavy atom. The number of aliphatic hydroxyl groups excluding tert-OH is 2. The van der Waals surface area contributed by atoms with Crippen LogP contribution in [0.25, 0.3) is 0 Å². The average Bonchev–Trinajstić information content (AvgIpc) is 1.84. The zero-order chi connectivity index (χ0) is 7.44. The fourth-order valence-corrected chi connectivity index (χ4v) is 0.498. The van der Waals surface area contributed by atoms with Gasteiger partial charge in [-0.1, -0.05) is 6.92 Å². The van der Waals surface area contributed by atoms with Crippen LogP contribution in [0.4, 0.5) is 0 Å². The van der Waals surface area contributed by atoms with Crippen molar-refractivity contribution in [1.82, 2.24) is 0 Å². The maximum absolute atomic E-state index is 8.89. The van der Waals surface area contributed by atoms with Crippen LogP contribution in [-0.4, -0.2) is 28.6 Å². The van der Waals surface area contributed by atoms with Crippen molar-refractivity contribution in [1.29, 1.82) is 0 Å².